The predicted molar refractivity (Wildman–Crippen MR) is 74.4 cm³/mol. The number of amides is 1. The highest BCUT2D eigenvalue weighted by atomic mass is 19.4. The molecular formula is C13H11F6N5O. The van der Waals surface area contributed by atoms with Crippen LogP contribution in [0.4, 0.5) is 38.0 Å². The van der Waals surface area contributed by atoms with Gasteiger partial charge >= 0.3 is 18.3 Å². The number of benzene rings is 1. The summed E-state index contributed by atoms with van der Waals surface area (Å²) in [6.07, 6.45) is -10.3. The topological polar surface area (TPSA) is 85.8 Å². The molecule has 6 nitrogen and oxygen atoms in total. The van der Waals surface area contributed by atoms with Crippen LogP contribution in [0.5, 0.6) is 0 Å². The van der Waals surface area contributed by atoms with E-state index in [2.05, 4.69) is 10.1 Å². The van der Waals surface area contributed by atoms with E-state index < -0.39 is 30.0 Å². The third kappa shape index (κ3) is 4.39. The SMILES string of the molecule is Cc1cc(Cn2nc(C(F)(F)F)nc2NC(=O)C(F)(F)F)ccc1N. The Labute approximate surface area is 136 Å². The largest absolute Gasteiger partial charge is 0.471 e. The van der Waals surface area contributed by atoms with Crippen molar-refractivity contribution in [1.29, 1.82) is 0 Å². The molecule has 2 rings (SSSR count). The third-order valence-corrected chi connectivity index (χ3v) is 3.07. The first-order valence-corrected chi connectivity index (χ1v) is 6.63. The van der Waals surface area contributed by atoms with Crippen LogP contribution in [-0.4, -0.2) is 26.8 Å². The monoisotopic (exact) mass is 367 g/mol. The van der Waals surface area contributed by atoms with E-state index in [1.807, 2.05) is 0 Å². The van der Waals surface area contributed by atoms with Crippen LogP contribution in [0.3, 0.4) is 0 Å². The molecule has 0 saturated heterocycles. The van der Waals surface area contributed by atoms with Crippen molar-refractivity contribution in [2.75, 3.05) is 11.1 Å². The molecule has 0 bridgehead atoms. The average Bonchev–Trinajstić information content (AvgIpc) is 2.85. The molecule has 0 spiro atoms. The molecule has 0 aliphatic carbocycles. The minimum absolute atomic E-state index is 0.350. The molecule has 1 heterocycles. The Balaban J connectivity index is 2.38. The lowest BCUT2D eigenvalue weighted by Gasteiger charge is -2.10. The zero-order valence-corrected chi connectivity index (χ0v) is 12.5. The van der Waals surface area contributed by atoms with Crippen molar-refractivity contribution in [3.8, 4) is 0 Å². The van der Waals surface area contributed by atoms with E-state index in [-0.39, 0.29) is 6.54 Å². The van der Waals surface area contributed by atoms with Crippen LogP contribution < -0.4 is 11.1 Å². The molecule has 0 saturated carbocycles. The van der Waals surface area contributed by atoms with Crippen molar-refractivity contribution < 1.29 is 31.1 Å². The number of nitrogens with two attached hydrogens (primary N) is 1. The molecule has 0 fully saturated rings. The smallest absolute Gasteiger partial charge is 0.399 e. The Hall–Kier alpha value is -2.79. The Morgan fingerprint density at radius 2 is 1.88 bits per heavy atom. The molecule has 2 aromatic rings. The lowest BCUT2D eigenvalue weighted by Crippen LogP contribution is -2.31. The summed E-state index contributed by atoms with van der Waals surface area (Å²) in [6.45, 7) is 1.30. The number of nitrogens with one attached hydrogen (secondary N) is 1. The zero-order valence-electron chi connectivity index (χ0n) is 12.5. The van der Waals surface area contributed by atoms with Gasteiger partial charge in [-0.15, -0.1) is 5.10 Å². The lowest BCUT2D eigenvalue weighted by molar-refractivity contribution is -0.167. The highest BCUT2D eigenvalue weighted by Gasteiger charge is 2.41. The summed E-state index contributed by atoms with van der Waals surface area (Å²) >= 11 is 0. The number of aryl methyl sites for hydroxylation is 1. The summed E-state index contributed by atoms with van der Waals surface area (Å²) in [5.74, 6) is -5.09. The Morgan fingerprint density at radius 3 is 2.40 bits per heavy atom. The number of alkyl halides is 6. The van der Waals surface area contributed by atoms with Gasteiger partial charge in [-0.1, -0.05) is 12.1 Å². The molecule has 0 atom stereocenters. The van der Waals surface area contributed by atoms with Crippen LogP contribution >= 0.6 is 0 Å². The van der Waals surface area contributed by atoms with Crippen molar-refractivity contribution in [2.24, 2.45) is 0 Å². The van der Waals surface area contributed by atoms with Crippen molar-refractivity contribution >= 4 is 17.5 Å². The Morgan fingerprint density at radius 1 is 1.24 bits per heavy atom. The normalized spacial score (nSPS) is 12.3. The molecule has 0 radical (unpaired) electrons. The van der Waals surface area contributed by atoms with Gasteiger partial charge < -0.3 is 5.73 Å². The average molecular weight is 367 g/mol. The fraction of sp³-hybridized carbons (Fsp3) is 0.308. The van der Waals surface area contributed by atoms with E-state index in [9.17, 15) is 31.1 Å². The number of nitrogen functional groups attached to an aromatic ring is 1. The van der Waals surface area contributed by atoms with Crippen molar-refractivity contribution in [3.63, 3.8) is 0 Å². The summed E-state index contributed by atoms with van der Waals surface area (Å²) in [4.78, 5) is 13.9. The number of aromatic nitrogens is 3. The van der Waals surface area contributed by atoms with Crippen molar-refractivity contribution in [2.45, 2.75) is 25.8 Å². The van der Waals surface area contributed by atoms with Crippen LogP contribution in [0.2, 0.25) is 0 Å². The van der Waals surface area contributed by atoms with Gasteiger partial charge in [-0.2, -0.15) is 31.3 Å². The number of halogens is 6. The first kappa shape index (κ1) is 18.5. The third-order valence-electron chi connectivity index (χ3n) is 3.07. The molecule has 3 N–H and O–H groups in total. The van der Waals surface area contributed by atoms with Gasteiger partial charge in [-0.25, -0.2) is 4.68 Å². The van der Waals surface area contributed by atoms with Crippen LogP contribution in [0.15, 0.2) is 18.2 Å². The van der Waals surface area contributed by atoms with Crippen LogP contribution in [-0.2, 0) is 17.5 Å². The first-order valence-electron chi connectivity index (χ1n) is 6.63. The van der Waals surface area contributed by atoms with Gasteiger partial charge in [0, 0.05) is 5.69 Å². The highest BCUT2D eigenvalue weighted by molar-refractivity contribution is 5.93. The molecule has 1 amide bonds. The van der Waals surface area contributed by atoms with Crippen molar-refractivity contribution in [3.05, 3.63) is 35.2 Å². The summed E-state index contributed by atoms with van der Waals surface area (Å²) in [5.41, 5.74) is 7.09. The summed E-state index contributed by atoms with van der Waals surface area (Å²) in [5, 5.41) is 4.42. The minimum atomic E-state index is -5.28. The second-order valence-electron chi connectivity index (χ2n) is 5.06. The van der Waals surface area contributed by atoms with E-state index in [1.54, 1.807) is 6.92 Å². The standard InChI is InChI=1S/C13H11F6N5O/c1-6-4-7(2-3-8(6)20)5-24-11(22-10(25)13(17,18)19)21-9(23-24)12(14,15)16/h2-4H,5,20H2,1H3,(H,21,22,23,25). The van der Waals surface area contributed by atoms with Gasteiger partial charge in [-0.05, 0) is 24.1 Å². The summed E-state index contributed by atoms with van der Waals surface area (Å²) < 4.78 is 75.7. The van der Waals surface area contributed by atoms with E-state index in [4.69, 9.17) is 5.73 Å². The molecule has 12 heteroatoms. The molecule has 1 aromatic carbocycles. The fourth-order valence-electron chi connectivity index (χ4n) is 1.85. The highest BCUT2D eigenvalue weighted by Crippen LogP contribution is 2.28. The second kappa shape index (κ2) is 6.26. The number of rotatable bonds is 3. The van der Waals surface area contributed by atoms with Crippen molar-refractivity contribution in [1.82, 2.24) is 14.8 Å². The Kier molecular flexibility index (Phi) is 4.64. The number of hydrogen-bond acceptors (Lipinski definition) is 4. The van der Waals surface area contributed by atoms with Crippen LogP contribution in [0, 0.1) is 6.92 Å². The van der Waals surface area contributed by atoms with Gasteiger partial charge in [0.2, 0.25) is 5.95 Å². The van der Waals surface area contributed by atoms with Gasteiger partial charge in [0.25, 0.3) is 5.82 Å². The zero-order chi connectivity index (χ0) is 19.0. The fourth-order valence-corrected chi connectivity index (χ4v) is 1.85. The Bertz CT molecular complexity index is 795. The van der Waals surface area contributed by atoms with E-state index in [0.29, 0.717) is 21.5 Å². The molecule has 0 unspecified atom stereocenters. The second-order valence-corrected chi connectivity index (χ2v) is 5.06. The molecule has 136 valence electrons. The maximum atomic E-state index is 12.7. The predicted octanol–water partition coefficient (Wildman–Crippen LogP) is 2.74. The molecular weight excluding hydrogens is 356 g/mol. The van der Waals surface area contributed by atoms with Gasteiger partial charge in [0.15, 0.2) is 0 Å². The number of hydrogen-bond donors (Lipinski definition) is 2. The maximum absolute atomic E-state index is 12.7. The van der Waals surface area contributed by atoms with E-state index >= 15 is 0 Å². The number of anilines is 2. The van der Waals surface area contributed by atoms with E-state index in [1.165, 1.54) is 23.5 Å². The molecule has 1 aromatic heterocycles. The quantitative estimate of drug-likeness (QED) is 0.645. The molecule has 0 aliphatic heterocycles. The van der Waals surface area contributed by atoms with E-state index in [0.717, 1.165) is 0 Å². The van der Waals surface area contributed by atoms with Gasteiger partial charge in [-0.3, -0.25) is 10.1 Å². The summed E-state index contributed by atoms with van der Waals surface area (Å²) in [6, 6.07) is 4.48. The molecule has 25 heavy (non-hydrogen) atoms. The van der Waals surface area contributed by atoms with Crippen LogP contribution in [0.25, 0.3) is 0 Å². The van der Waals surface area contributed by atoms with Gasteiger partial charge in [0.1, 0.15) is 0 Å². The van der Waals surface area contributed by atoms with Crippen LogP contribution in [0.1, 0.15) is 17.0 Å². The number of nitrogens with zero attached hydrogens (tertiary/aromatic N) is 3. The summed E-state index contributed by atoms with van der Waals surface area (Å²) in [7, 11) is 0. The lowest BCUT2D eigenvalue weighted by atomic mass is 10.1. The minimum Gasteiger partial charge on any atom is -0.399 e. The molecule has 0 aliphatic rings. The number of carbonyl (C=O) groups is 1. The van der Waals surface area contributed by atoms with Gasteiger partial charge in [0.05, 0.1) is 6.54 Å². The number of carbonyl (C=O) groups excluding carboxylic acids is 1. The first-order chi connectivity index (χ1) is 11.4. The maximum Gasteiger partial charge on any atom is 0.471 e.